The molecule has 0 aromatic heterocycles. The van der Waals surface area contributed by atoms with Crippen LogP contribution in [-0.4, -0.2) is 13.0 Å². The highest BCUT2D eigenvalue weighted by Gasteiger charge is 2.13. The highest BCUT2D eigenvalue weighted by atomic mass is 35.5. The molecule has 2 rings (SSSR count). The normalized spacial score (nSPS) is 12.2. The molecule has 0 heterocycles. The van der Waals surface area contributed by atoms with E-state index in [2.05, 4.69) is 44.2 Å². The van der Waals surface area contributed by atoms with E-state index >= 15 is 0 Å². The number of hydrogen-bond acceptors (Lipinski definition) is 1. The molecular formula is C19H23ClO. The molecule has 0 fully saturated rings. The van der Waals surface area contributed by atoms with Gasteiger partial charge >= 0.3 is 0 Å². The number of aryl methyl sites for hydroxylation is 2. The van der Waals surface area contributed by atoms with Gasteiger partial charge in [-0.15, -0.1) is 11.6 Å². The first-order valence-corrected chi connectivity index (χ1v) is 7.91. The summed E-state index contributed by atoms with van der Waals surface area (Å²) in [5.41, 5.74) is 5.28. The number of methoxy groups -OCH3 is 1. The first-order valence-electron chi connectivity index (χ1n) is 7.38. The first-order chi connectivity index (χ1) is 10.1. The van der Waals surface area contributed by atoms with Gasteiger partial charge in [0, 0.05) is 5.88 Å². The third kappa shape index (κ3) is 4.25. The Labute approximate surface area is 132 Å². The summed E-state index contributed by atoms with van der Waals surface area (Å²) in [6, 6.07) is 14.9. The van der Waals surface area contributed by atoms with Crippen LogP contribution in [-0.2, 0) is 12.8 Å². The third-order valence-electron chi connectivity index (χ3n) is 4.02. The van der Waals surface area contributed by atoms with E-state index in [-0.39, 0.29) is 0 Å². The Morgan fingerprint density at radius 2 is 1.76 bits per heavy atom. The van der Waals surface area contributed by atoms with Gasteiger partial charge in [0.1, 0.15) is 5.75 Å². The van der Waals surface area contributed by atoms with Crippen LogP contribution < -0.4 is 4.74 Å². The van der Waals surface area contributed by atoms with Crippen molar-refractivity contribution in [3.05, 3.63) is 64.7 Å². The van der Waals surface area contributed by atoms with Crippen LogP contribution in [0.2, 0.25) is 0 Å². The van der Waals surface area contributed by atoms with Gasteiger partial charge in [-0.3, -0.25) is 0 Å². The van der Waals surface area contributed by atoms with Gasteiger partial charge in [-0.1, -0.05) is 36.4 Å². The van der Waals surface area contributed by atoms with Crippen molar-refractivity contribution in [3.63, 3.8) is 0 Å². The fraction of sp³-hybridized carbons (Fsp3) is 0.368. The van der Waals surface area contributed by atoms with Crippen molar-refractivity contribution >= 4 is 11.6 Å². The molecule has 1 atom stereocenters. The average molecular weight is 303 g/mol. The maximum atomic E-state index is 6.19. The van der Waals surface area contributed by atoms with Gasteiger partial charge in [0.25, 0.3) is 0 Å². The second-order valence-corrected chi connectivity index (χ2v) is 5.97. The number of para-hydroxylation sites is 1. The molecule has 0 aliphatic heterocycles. The zero-order valence-electron chi connectivity index (χ0n) is 13.0. The summed E-state index contributed by atoms with van der Waals surface area (Å²) in [6.07, 6.45) is 1.95. The molecule has 0 bridgehead atoms. The topological polar surface area (TPSA) is 9.23 Å². The lowest BCUT2D eigenvalue weighted by Crippen LogP contribution is -2.11. The fourth-order valence-electron chi connectivity index (χ4n) is 2.63. The van der Waals surface area contributed by atoms with Crippen LogP contribution >= 0.6 is 11.6 Å². The minimum atomic E-state index is 0.421. The van der Waals surface area contributed by atoms with Crippen LogP contribution in [0.5, 0.6) is 5.75 Å². The quantitative estimate of drug-likeness (QED) is 0.686. The lowest BCUT2D eigenvalue weighted by atomic mass is 9.92. The Balaban J connectivity index is 2.11. The summed E-state index contributed by atoms with van der Waals surface area (Å²) in [7, 11) is 1.72. The van der Waals surface area contributed by atoms with Gasteiger partial charge in [0.2, 0.25) is 0 Å². The molecule has 0 amide bonds. The van der Waals surface area contributed by atoms with Crippen molar-refractivity contribution in [2.24, 2.45) is 5.92 Å². The summed E-state index contributed by atoms with van der Waals surface area (Å²) in [5, 5.41) is 0. The maximum absolute atomic E-state index is 6.19. The summed E-state index contributed by atoms with van der Waals surface area (Å²) < 4.78 is 5.43. The maximum Gasteiger partial charge on any atom is 0.122 e. The molecule has 112 valence electrons. The smallest absolute Gasteiger partial charge is 0.122 e. The predicted octanol–water partition coefficient (Wildman–Crippen LogP) is 4.95. The van der Waals surface area contributed by atoms with Crippen molar-refractivity contribution in [2.45, 2.75) is 26.7 Å². The van der Waals surface area contributed by atoms with Crippen LogP contribution in [0.25, 0.3) is 0 Å². The number of hydrogen-bond donors (Lipinski definition) is 0. The molecule has 0 radical (unpaired) electrons. The van der Waals surface area contributed by atoms with Crippen molar-refractivity contribution in [3.8, 4) is 5.75 Å². The number of rotatable bonds is 6. The molecule has 0 aliphatic carbocycles. The zero-order chi connectivity index (χ0) is 15.2. The van der Waals surface area contributed by atoms with E-state index in [1.807, 2.05) is 12.1 Å². The third-order valence-corrected chi connectivity index (χ3v) is 4.45. The number of halogens is 1. The summed E-state index contributed by atoms with van der Waals surface area (Å²) >= 11 is 6.19. The van der Waals surface area contributed by atoms with Crippen LogP contribution in [0, 0.1) is 19.8 Å². The minimum absolute atomic E-state index is 0.421. The monoisotopic (exact) mass is 302 g/mol. The van der Waals surface area contributed by atoms with E-state index in [9.17, 15) is 0 Å². The zero-order valence-corrected chi connectivity index (χ0v) is 13.8. The molecule has 0 aliphatic rings. The molecule has 1 nitrogen and oxygen atoms in total. The summed E-state index contributed by atoms with van der Waals surface area (Å²) in [6.45, 7) is 4.31. The number of benzene rings is 2. The highest BCUT2D eigenvalue weighted by molar-refractivity contribution is 6.18. The molecular weight excluding hydrogens is 280 g/mol. The molecule has 0 N–H and O–H groups in total. The number of ether oxygens (including phenoxy) is 1. The second kappa shape index (κ2) is 7.51. The SMILES string of the molecule is COc1ccccc1CC(CCl)Cc1ccc(C)c(C)c1. The second-order valence-electron chi connectivity index (χ2n) is 5.66. The van der Waals surface area contributed by atoms with E-state index < -0.39 is 0 Å². The number of alkyl halides is 1. The Kier molecular flexibility index (Phi) is 5.69. The molecule has 0 saturated heterocycles. The van der Waals surface area contributed by atoms with Crippen molar-refractivity contribution in [1.82, 2.24) is 0 Å². The van der Waals surface area contributed by atoms with Gasteiger partial charge in [0.15, 0.2) is 0 Å². The van der Waals surface area contributed by atoms with Gasteiger partial charge in [0.05, 0.1) is 7.11 Å². The summed E-state index contributed by atoms with van der Waals surface area (Å²) in [5.74, 6) is 2.03. The molecule has 2 heteroatoms. The Morgan fingerprint density at radius 1 is 1.00 bits per heavy atom. The Bertz CT molecular complexity index is 592. The molecule has 21 heavy (non-hydrogen) atoms. The predicted molar refractivity (Wildman–Crippen MR) is 90.5 cm³/mol. The van der Waals surface area contributed by atoms with Crippen LogP contribution in [0.15, 0.2) is 42.5 Å². The molecule has 0 spiro atoms. The van der Waals surface area contributed by atoms with E-state index in [4.69, 9.17) is 16.3 Å². The van der Waals surface area contributed by atoms with Gasteiger partial charge in [-0.05, 0) is 60.9 Å². The van der Waals surface area contributed by atoms with Crippen molar-refractivity contribution in [2.75, 3.05) is 13.0 Å². The minimum Gasteiger partial charge on any atom is -0.496 e. The van der Waals surface area contributed by atoms with Gasteiger partial charge in [-0.25, -0.2) is 0 Å². The van der Waals surface area contributed by atoms with E-state index in [0.717, 1.165) is 18.6 Å². The summed E-state index contributed by atoms with van der Waals surface area (Å²) in [4.78, 5) is 0. The van der Waals surface area contributed by atoms with Crippen LogP contribution in [0.1, 0.15) is 22.3 Å². The van der Waals surface area contributed by atoms with Crippen molar-refractivity contribution in [1.29, 1.82) is 0 Å². The van der Waals surface area contributed by atoms with Gasteiger partial charge in [-0.2, -0.15) is 0 Å². The van der Waals surface area contributed by atoms with Crippen LogP contribution in [0.4, 0.5) is 0 Å². The Hall–Kier alpha value is -1.47. The van der Waals surface area contributed by atoms with E-state index in [1.54, 1.807) is 7.11 Å². The largest absolute Gasteiger partial charge is 0.496 e. The standard InChI is InChI=1S/C19H23ClO/c1-14-8-9-16(10-15(14)2)11-17(13-20)12-18-6-4-5-7-19(18)21-3/h4-10,17H,11-13H2,1-3H3. The van der Waals surface area contributed by atoms with Crippen molar-refractivity contribution < 1.29 is 4.74 Å². The van der Waals surface area contributed by atoms with E-state index in [1.165, 1.54) is 22.3 Å². The lowest BCUT2D eigenvalue weighted by Gasteiger charge is -2.17. The molecule has 2 aromatic carbocycles. The molecule has 1 unspecified atom stereocenters. The van der Waals surface area contributed by atoms with E-state index in [0.29, 0.717) is 11.8 Å². The lowest BCUT2D eigenvalue weighted by molar-refractivity contribution is 0.405. The van der Waals surface area contributed by atoms with Gasteiger partial charge < -0.3 is 4.74 Å². The Morgan fingerprint density at radius 3 is 2.43 bits per heavy atom. The fourth-order valence-corrected chi connectivity index (χ4v) is 2.85. The first kappa shape index (κ1) is 15.9. The highest BCUT2D eigenvalue weighted by Crippen LogP contribution is 2.24. The van der Waals surface area contributed by atoms with Crippen LogP contribution in [0.3, 0.4) is 0 Å². The molecule has 0 saturated carbocycles. The average Bonchev–Trinajstić information content (AvgIpc) is 2.50. The molecule has 2 aromatic rings.